The van der Waals surface area contributed by atoms with Gasteiger partial charge in [-0.2, -0.15) is 0 Å². The number of amides is 1. The first kappa shape index (κ1) is 18.9. The number of hydrogen-bond donors (Lipinski definition) is 1. The second-order valence-corrected chi connectivity index (χ2v) is 8.76. The number of carbonyl (C=O) groups excluding carboxylic acids is 1. The van der Waals surface area contributed by atoms with Crippen molar-refractivity contribution in [3.05, 3.63) is 59.0 Å². The van der Waals surface area contributed by atoms with Crippen LogP contribution in [-0.4, -0.2) is 31.7 Å². The maximum Gasteiger partial charge on any atom is 0.223 e. The second kappa shape index (κ2) is 8.24. The van der Waals surface area contributed by atoms with Gasteiger partial charge in [-0.25, -0.2) is 12.7 Å². The first-order valence-electron chi connectivity index (χ1n) is 8.46. The molecule has 26 heavy (non-hydrogen) atoms. The van der Waals surface area contributed by atoms with Crippen molar-refractivity contribution in [1.82, 2.24) is 9.62 Å². The van der Waals surface area contributed by atoms with Crippen LogP contribution >= 0.6 is 11.6 Å². The molecule has 1 saturated heterocycles. The predicted octanol–water partition coefficient (Wildman–Crippen LogP) is 2.79. The lowest BCUT2D eigenvalue weighted by molar-refractivity contribution is -0.126. The molecule has 8 heteroatoms. The van der Waals surface area contributed by atoms with Gasteiger partial charge in [-0.05, 0) is 42.7 Å². The van der Waals surface area contributed by atoms with Gasteiger partial charge < -0.3 is 9.73 Å². The second-order valence-electron chi connectivity index (χ2n) is 6.36. The van der Waals surface area contributed by atoms with Crippen LogP contribution < -0.4 is 5.32 Å². The van der Waals surface area contributed by atoms with Crippen LogP contribution in [0.3, 0.4) is 0 Å². The van der Waals surface area contributed by atoms with Gasteiger partial charge in [0.25, 0.3) is 0 Å². The molecule has 0 radical (unpaired) electrons. The molecular formula is C18H21ClN2O4S. The van der Waals surface area contributed by atoms with Gasteiger partial charge in [0, 0.05) is 24.0 Å². The summed E-state index contributed by atoms with van der Waals surface area (Å²) < 4.78 is 31.8. The Morgan fingerprint density at radius 3 is 2.65 bits per heavy atom. The molecule has 1 N–H and O–H groups in total. The largest absolute Gasteiger partial charge is 0.467 e. The zero-order valence-electron chi connectivity index (χ0n) is 14.2. The van der Waals surface area contributed by atoms with E-state index in [-0.39, 0.29) is 17.6 Å². The highest BCUT2D eigenvalue weighted by atomic mass is 35.5. The van der Waals surface area contributed by atoms with Crippen LogP contribution in [-0.2, 0) is 27.1 Å². The monoisotopic (exact) mass is 396 g/mol. The number of nitrogens with one attached hydrogen (secondary N) is 1. The summed E-state index contributed by atoms with van der Waals surface area (Å²) in [5.74, 6) is 0.374. The van der Waals surface area contributed by atoms with Crippen molar-refractivity contribution in [3.63, 3.8) is 0 Å². The Labute approximate surface area is 158 Å². The molecule has 0 saturated carbocycles. The summed E-state index contributed by atoms with van der Waals surface area (Å²) in [5, 5.41) is 3.36. The van der Waals surface area contributed by atoms with Crippen LogP contribution in [0.25, 0.3) is 0 Å². The lowest BCUT2D eigenvalue weighted by atomic mass is 9.97. The van der Waals surface area contributed by atoms with E-state index in [1.807, 2.05) is 0 Å². The summed E-state index contributed by atoms with van der Waals surface area (Å²) in [7, 11) is -3.42. The van der Waals surface area contributed by atoms with Crippen molar-refractivity contribution in [3.8, 4) is 0 Å². The quantitative estimate of drug-likeness (QED) is 0.814. The number of benzene rings is 1. The van der Waals surface area contributed by atoms with E-state index in [0.29, 0.717) is 48.8 Å². The molecule has 1 amide bonds. The van der Waals surface area contributed by atoms with Crippen LogP contribution in [0.2, 0.25) is 5.02 Å². The molecule has 0 unspecified atom stereocenters. The Morgan fingerprint density at radius 1 is 1.23 bits per heavy atom. The zero-order chi connectivity index (χ0) is 18.6. The number of carbonyl (C=O) groups is 1. The molecule has 0 atom stereocenters. The minimum Gasteiger partial charge on any atom is -0.467 e. The highest BCUT2D eigenvalue weighted by Crippen LogP contribution is 2.22. The molecule has 1 aliphatic rings. The van der Waals surface area contributed by atoms with Crippen LogP contribution in [0, 0.1) is 5.92 Å². The van der Waals surface area contributed by atoms with Gasteiger partial charge in [-0.3, -0.25) is 4.79 Å². The number of rotatable bonds is 6. The smallest absolute Gasteiger partial charge is 0.223 e. The number of piperidine rings is 1. The average Bonchev–Trinajstić information content (AvgIpc) is 3.13. The van der Waals surface area contributed by atoms with E-state index in [4.69, 9.17) is 16.0 Å². The first-order valence-corrected chi connectivity index (χ1v) is 10.4. The van der Waals surface area contributed by atoms with Crippen molar-refractivity contribution >= 4 is 27.5 Å². The third kappa shape index (κ3) is 4.87. The predicted molar refractivity (Wildman–Crippen MR) is 98.9 cm³/mol. The van der Waals surface area contributed by atoms with Crippen molar-refractivity contribution in [2.45, 2.75) is 25.1 Å². The Hall–Kier alpha value is -1.83. The van der Waals surface area contributed by atoms with Crippen LogP contribution in [0.1, 0.15) is 24.2 Å². The topological polar surface area (TPSA) is 79.6 Å². The third-order valence-corrected chi connectivity index (χ3v) is 6.56. The number of hydrogen-bond acceptors (Lipinski definition) is 4. The molecule has 1 aromatic carbocycles. The molecule has 140 valence electrons. The van der Waals surface area contributed by atoms with Crippen LogP contribution in [0.5, 0.6) is 0 Å². The number of sulfonamides is 1. The normalized spacial score (nSPS) is 16.5. The Bertz CT molecular complexity index is 844. The maximum absolute atomic E-state index is 12.6. The van der Waals surface area contributed by atoms with E-state index in [9.17, 15) is 13.2 Å². The Morgan fingerprint density at radius 2 is 2.00 bits per heavy atom. The van der Waals surface area contributed by atoms with Crippen molar-refractivity contribution in [1.29, 1.82) is 0 Å². The molecule has 6 nitrogen and oxygen atoms in total. The fourth-order valence-corrected chi connectivity index (χ4v) is 4.82. The van der Waals surface area contributed by atoms with Gasteiger partial charge >= 0.3 is 0 Å². The fourth-order valence-electron chi connectivity index (χ4n) is 3.06. The maximum atomic E-state index is 12.6. The van der Waals surface area contributed by atoms with Gasteiger partial charge in [-0.1, -0.05) is 23.7 Å². The Balaban J connectivity index is 1.51. The van der Waals surface area contributed by atoms with E-state index in [0.717, 1.165) is 0 Å². The number of nitrogens with zero attached hydrogens (tertiary/aromatic N) is 1. The molecule has 1 aliphatic heterocycles. The Kier molecular flexibility index (Phi) is 6.01. The van der Waals surface area contributed by atoms with Crippen molar-refractivity contribution < 1.29 is 17.6 Å². The van der Waals surface area contributed by atoms with E-state index >= 15 is 0 Å². The van der Waals surface area contributed by atoms with Crippen LogP contribution in [0.4, 0.5) is 0 Å². The summed E-state index contributed by atoms with van der Waals surface area (Å²) in [6, 6.07) is 10.4. The van der Waals surface area contributed by atoms with Gasteiger partial charge in [0.05, 0.1) is 18.6 Å². The van der Waals surface area contributed by atoms with Crippen LogP contribution in [0.15, 0.2) is 47.1 Å². The molecule has 0 spiro atoms. The summed E-state index contributed by atoms with van der Waals surface area (Å²) in [6.07, 6.45) is 2.59. The lowest BCUT2D eigenvalue weighted by Gasteiger charge is -2.30. The zero-order valence-corrected chi connectivity index (χ0v) is 15.8. The lowest BCUT2D eigenvalue weighted by Crippen LogP contribution is -2.43. The molecular weight excluding hydrogens is 376 g/mol. The minimum absolute atomic E-state index is 0.0618. The van der Waals surface area contributed by atoms with Gasteiger partial charge in [-0.15, -0.1) is 0 Å². The average molecular weight is 397 g/mol. The molecule has 0 bridgehead atoms. The molecule has 2 aromatic rings. The summed E-state index contributed by atoms with van der Waals surface area (Å²) >= 11 is 5.92. The molecule has 2 heterocycles. The molecule has 0 aliphatic carbocycles. The van der Waals surface area contributed by atoms with Gasteiger partial charge in [0.2, 0.25) is 15.9 Å². The van der Waals surface area contributed by atoms with E-state index < -0.39 is 10.0 Å². The molecule has 1 fully saturated rings. The minimum atomic E-state index is -3.42. The van der Waals surface area contributed by atoms with E-state index in [2.05, 4.69) is 5.32 Å². The van der Waals surface area contributed by atoms with Crippen molar-refractivity contribution in [2.24, 2.45) is 5.92 Å². The number of halogens is 1. The van der Waals surface area contributed by atoms with E-state index in [1.165, 1.54) is 4.31 Å². The molecule has 3 rings (SSSR count). The number of furan rings is 1. The SMILES string of the molecule is O=C(NCc1ccco1)C1CCN(S(=O)(=O)Cc2cccc(Cl)c2)CC1. The van der Waals surface area contributed by atoms with E-state index in [1.54, 1.807) is 42.7 Å². The standard InChI is InChI=1S/C18H21ClN2O4S/c19-16-4-1-3-14(11-16)13-26(23,24)21-8-6-15(7-9-21)18(22)20-12-17-5-2-10-25-17/h1-5,10-11,15H,6-9,12-13H2,(H,20,22). The third-order valence-electron chi connectivity index (χ3n) is 4.47. The summed E-state index contributed by atoms with van der Waals surface area (Å²) in [6.45, 7) is 1.04. The van der Waals surface area contributed by atoms with Gasteiger partial charge in [0.15, 0.2) is 0 Å². The highest BCUT2D eigenvalue weighted by Gasteiger charge is 2.31. The highest BCUT2D eigenvalue weighted by molar-refractivity contribution is 7.88. The van der Waals surface area contributed by atoms with Gasteiger partial charge in [0.1, 0.15) is 5.76 Å². The summed E-state index contributed by atoms with van der Waals surface area (Å²) in [4.78, 5) is 12.2. The fraction of sp³-hybridized carbons (Fsp3) is 0.389. The summed E-state index contributed by atoms with van der Waals surface area (Å²) in [5.41, 5.74) is 0.663. The molecule has 1 aromatic heterocycles. The van der Waals surface area contributed by atoms with Crippen molar-refractivity contribution in [2.75, 3.05) is 13.1 Å². The first-order chi connectivity index (χ1) is 12.4.